The van der Waals surface area contributed by atoms with Gasteiger partial charge >= 0.3 is 5.97 Å². The van der Waals surface area contributed by atoms with Crippen LogP contribution in [0.3, 0.4) is 0 Å². The van der Waals surface area contributed by atoms with E-state index in [9.17, 15) is 4.79 Å². The number of carbonyl (C=O) groups is 1. The predicted molar refractivity (Wildman–Crippen MR) is 38.8 cm³/mol. The van der Waals surface area contributed by atoms with Crippen LogP contribution >= 0.6 is 0 Å². The number of carboxylic acid groups (broad SMARTS) is 1. The molecule has 1 rings (SSSR count). The third kappa shape index (κ3) is 1.73. The van der Waals surface area contributed by atoms with Crippen LogP contribution in [0.2, 0.25) is 0 Å². The fraction of sp³-hybridized carbons (Fsp3) is 0.600. The lowest BCUT2D eigenvalue weighted by Gasteiger charge is -2.12. The van der Waals surface area contributed by atoms with Crippen molar-refractivity contribution in [3.63, 3.8) is 0 Å². The Balaban J connectivity index is 2.51. The Morgan fingerprint density at radius 3 is 3.18 bits per heavy atom. The molecule has 0 saturated carbocycles. The normalized spacial score (nSPS) is 20.4. The van der Waals surface area contributed by atoms with Gasteiger partial charge in [0.25, 0.3) is 0 Å². The number of rotatable bonds is 2. The molecule has 0 spiro atoms. The largest absolute Gasteiger partial charge is 0.480 e. The first-order valence-corrected chi connectivity index (χ1v) is 3.22. The van der Waals surface area contributed by atoms with Gasteiger partial charge in [0.1, 0.15) is 6.54 Å². The average molecular weight is 158 g/mol. The maximum atomic E-state index is 10.3. The molecular weight excluding hydrogens is 148 g/mol. The summed E-state index contributed by atoms with van der Waals surface area (Å²) in [5.74, 6) is 4.56. The molecule has 1 aliphatic heterocycles. The van der Waals surface area contributed by atoms with Gasteiger partial charge in [-0.1, -0.05) is 0 Å². The van der Waals surface area contributed by atoms with Crippen LogP contribution in [0.15, 0.2) is 5.10 Å². The highest BCUT2D eigenvalue weighted by molar-refractivity contribution is 5.85. The van der Waals surface area contributed by atoms with Crippen molar-refractivity contribution < 1.29 is 9.90 Å². The molecule has 1 aliphatic rings. The first kappa shape index (κ1) is 7.64. The molecule has 0 amide bonds. The van der Waals surface area contributed by atoms with Gasteiger partial charge in [0.05, 0.1) is 0 Å². The number of nitrogens with one attached hydrogen (secondary N) is 1. The molecule has 1 saturated heterocycles. The van der Waals surface area contributed by atoms with E-state index in [-0.39, 0.29) is 6.54 Å². The third-order valence-corrected chi connectivity index (χ3v) is 1.41. The van der Waals surface area contributed by atoms with Crippen molar-refractivity contribution in [3.8, 4) is 0 Å². The molecule has 0 atom stereocenters. The molecule has 6 heteroatoms. The highest BCUT2D eigenvalue weighted by atomic mass is 16.4. The monoisotopic (exact) mass is 158 g/mol. The molecule has 0 aliphatic carbocycles. The van der Waals surface area contributed by atoms with Gasteiger partial charge in [-0.05, 0) is 0 Å². The van der Waals surface area contributed by atoms with Crippen LogP contribution in [-0.4, -0.2) is 41.6 Å². The maximum absolute atomic E-state index is 10.3. The summed E-state index contributed by atoms with van der Waals surface area (Å²) in [4.78, 5) is 11.8. The lowest BCUT2D eigenvalue weighted by atomic mass is 10.5. The van der Waals surface area contributed by atoms with Crippen molar-refractivity contribution in [3.05, 3.63) is 0 Å². The van der Waals surface area contributed by atoms with Gasteiger partial charge in [-0.3, -0.25) is 4.79 Å². The molecule has 11 heavy (non-hydrogen) atoms. The highest BCUT2D eigenvalue weighted by Gasteiger charge is 2.19. The first-order chi connectivity index (χ1) is 5.24. The van der Waals surface area contributed by atoms with Crippen LogP contribution in [0.5, 0.6) is 0 Å². The van der Waals surface area contributed by atoms with Crippen molar-refractivity contribution in [1.29, 1.82) is 0 Å². The van der Waals surface area contributed by atoms with Gasteiger partial charge in [0.15, 0.2) is 0 Å². The summed E-state index contributed by atoms with van der Waals surface area (Å²) in [6, 6.07) is 0. The van der Waals surface area contributed by atoms with Crippen LogP contribution in [0.1, 0.15) is 0 Å². The van der Waals surface area contributed by atoms with Crippen LogP contribution in [0.4, 0.5) is 0 Å². The number of hydrogen-bond donors (Lipinski definition) is 3. The van der Waals surface area contributed by atoms with Crippen molar-refractivity contribution in [2.75, 3.05) is 19.6 Å². The molecule has 1 heterocycles. The fourth-order valence-corrected chi connectivity index (χ4v) is 0.965. The zero-order valence-corrected chi connectivity index (χ0v) is 5.95. The Labute approximate surface area is 63.7 Å². The average Bonchev–Trinajstić information content (AvgIpc) is 2.34. The first-order valence-electron chi connectivity index (χ1n) is 3.22. The van der Waals surface area contributed by atoms with Gasteiger partial charge in [0.2, 0.25) is 5.96 Å². The lowest BCUT2D eigenvalue weighted by Crippen LogP contribution is -2.35. The molecule has 0 aromatic heterocycles. The number of aliphatic carboxylic acids is 1. The second-order valence-corrected chi connectivity index (χ2v) is 2.19. The van der Waals surface area contributed by atoms with Gasteiger partial charge in [-0.2, -0.15) is 0 Å². The Kier molecular flexibility index (Phi) is 2.15. The summed E-state index contributed by atoms with van der Waals surface area (Å²) in [7, 11) is 0. The Hall–Kier alpha value is -1.46. The third-order valence-electron chi connectivity index (χ3n) is 1.41. The molecule has 6 nitrogen and oxygen atoms in total. The van der Waals surface area contributed by atoms with Crippen LogP contribution in [0.25, 0.3) is 0 Å². The smallest absolute Gasteiger partial charge is 0.323 e. The number of nitrogens with zero attached hydrogens (tertiary/aromatic N) is 2. The minimum Gasteiger partial charge on any atom is -0.480 e. The number of nitrogens with two attached hydrogens (primary N) is 1. The molecular formula is C5H10N4O2. The second-order valence-electron chi connectivity index (χ2n) is 2.19. The van der Waals surface area contributed by atoms with E-state index in [1.54, 1.807) is 4.90 Å². The molecule has 1 fully saturated rings. The van der Waals surface area contributed by atoms with Crippen molar-refractivity contribution in [2.24, 2.45) is 10.9 Å². The second kappa shape index (κ2) is 3.09. The zero-order valence-electron chi connectivity index (χ0n) is 5.95. The molecule has 0 aromatic rings. The van der Waals surface area contributed by atoms with Crippen molar-refractivity contribution in [1.82, 2.24) is 10.2 Å². The summed E-state index contributed by atoms with van der Waals surface area (Å²) in [6.45, 7) is 1.29. The fourth-order valence-electron chi connectivity index (χ4n) is 0.965. The van der Waals surface area contributed by atoms with E-state index >= 15 is 0 Å². The molecule has 4 N–H and O–H groups in total. The Morgan fingerprint density at radius 1 is 1.91 bits per heavy atom. The summed E-state index contributed by atoms with van der Waals surface area (Å²) in [5, 5.41) is 14.7. The van der Waals surface area contributed by atoms with Gasteiger partial charge in [-0.15, -0.1) is 5.10 Å². The van der Waals surface area contributed by atoms with E-state index in [2.05, 4.69) is 10.4 Å². The minimum atomic E-state index is -0.880. The summed E-state index contributed by atoms with van der Waals surface area (Å²) in [5.41, 5.74) is 0. The van der Waals surface area contributed by atoms with E-state index in [0.29, 0.717) is 19.0 Å². The molecule has 0 bridgehead atoms. The Bertz CT molecular complexity index is 191. The molecule has 0 unspecified atom stereocenters. The summed E-state index contributed by atoms with van der Waals surface area (Å²) in [6.07, 6.45) is 0. The number of hydrogen-bond acceptors (Lipinski definition) is 3. The predicted octanol–water partition coefficient (Wildman–Crippen LogP) is -1.79. The van der Waals surface area contributed by atoms with Gasteiger partial charge in [-0.25, -0.2) is 0 Å². The van der Waals surface area contributed by atoms with E-state index < -0.39 is 5.97 Å². The summed E-state index contributed by atoms with van der Waals surface area (Å²) < 4.78 is 0. The van der Waals surface area contributed by atoms with Gasteiger partial charge in [0, 0.05) is 13.1 Å². The minimum absolute atomic E-state index is 0.0525. The zero-order chi connectivity index (χ0) is 8.27. The molecule has 62 valence electrons. The number of guanidine groups is 1. The number of hydrazone groups is 1. The van der Waals surface area contributed by atoms with Crippen LogP contribution in [0, 0.1) is 0 Å². The lowest BCUT2D eigenvalue weighted by molar-refractivity contribution is -0.137. The van der Waals surface area contributed by atoms with Crippen LogP contribution in [-0.2, 0) is 4.79 Å². The topological polar surface area (TPSA) is 91.0 Å². The van der Waals surface area contributed by atoms with Crippen molar-refractivity contribution >= 4 is 11.9 Å². The van der Waals surface area contributed by atoms with Crippen LogP contribution < -0.4 is 11.2 Å². The van der Waals surface area contributed by atoms with Gasteiger partial charge < -0.3 is 21.2 Å². The Morgan fingerprint density at radius 2 is 2.64 bits per heavy atom. The standard InChI is InChI=1S/C5H10N4O2/c6-8-5-7-1-2-9(5)3-4(10)11/h1-3,6H2,(H,7,8)(H,10,11). The van der Waals surface area contributed by atoms with E-state index in [1.165, 1.54) is 0 Å². The van der Waals surface area contributed by atoms with E-state index in [4.69, 9.17) is 10.9 Å². The van der Waals surface area contributed by atoms with Crippen molar-refractivity contribution in [2.45, 2.75) is 0 Å². The maximum Gasteiger partial charge on any atom is 0.323 e. The number of carboxylic acids is 1. The summed E-state index contributed by atoms with van der Waals surface area (Å²) >= 11 is 0. The van der Waals surface area contributed by atoms with E-state index in [1.807, 2.05) is 0 Å². The molecule has 0 aromatic carbocycles. The quantitative estimate of drug-likeness (QED) is 0.326. The van der Waals surface area contributed by atoms with E-state index in [0.717, 1.165) is 0 Å². The highest BCUT2D eigenvalue weighted by Crippen LogP contribution is 1.94. The molecule has 0 radical (unpaired) electrons. The SMILES string of the molecule is N/N=C1\NCCN1CC(=O)O.